The van der Waals surface area contributed by atoms with Crippen molar-refractivity contribution in [1.29, 1.82) is 5.26 Å². The van der Waals surface area contributed by atoms with E-state index in [0.717, 1.165) is 17.8 Å². The molecule has 1 aromatic rings. The molecule has 0 aliphatic heterocycles. The van der Waals surface area contributed by atoms with E-state index in [4.69, 9.17) is 5.26 Å². The number of hydrogen-bond acceptors (Lipinski definition) is 3. The number of nitrogens with zero attached hydrogens (tertiary/aromatic N) is 2. The number of benzene rings is 1. The molecule has 0 spiro atoms. The summed E-state index contributed by atoms with van der Waals surface area (Å²) in [4.78, 5) is 2.19. The molecule has 1 atom stereocenters. The van der Waals surface area contributed by atoms with Crippen molar-refractivity contribution in [2.24, 2.45) is 0 Å². The minimum atomic E-state index is -0.435. The van der Waals surface area contributed by atoms with Gasteiger partial charge in [0.25, 0.3) is 0 Å². The Labute approximate surface area is 103 Å². The first-order valence-corrected chi connectivity index (χ1v) is 5.98. The van der Waals surface area contributed by atoms with Crippen molar-refractivity contribution < 1.29 is 5.11 Å². The van der Waals surface area contributed by atoms with Crippen molar-refractivity contribution in [3.05, 3.63) is 29.8 Å². The zero-order valence-corrected chi connectivity index (χ0v) is 10.7. The zero-order chi connectivity index (χ0) is 12.8. The highest BCUT2D eigenvalue weighted by Gasteiger charge is 2.10. The van der Waals surface area contributed by atoms with Crippen LogP contribution in [0.1, 0.15) is 38.9 Å². The van der Waals surface area contributed by atoms with Gasteiger partial charge in [0.2, 0.25) is 0 Å². The summed E-state index contributed by atoms with van der Waals surface area (Å²) in [6.45, 7) is 6.72. The van der Waals surface area contributed by atoms with E-state index in [-0.39, 0.29) is 0 Å². The molecule has 1 unspecified atom stereocenters. The van der Waals surface area contributed by atoms with Gasteiger partial charge in [0.15, 0.2) is 0 Å². The van der Waals surface area contributed by atoms with Crippen LogP contribution in [0.3, 0.4) is 0 Å². The van der Waals surface area contributed by atoms with Crippen molar-refractivity contribution in [1.82, 2.24) is 0 Å². The van der Waals surface area contributed by atoms with E-state index in [1.807, 2.05) is 24.3 Å². The van der Waals surface area contributed by atoms with Crippen LogP contribution in [-0.2, 0) is 0 Å². The van der Waals surface area contributed by atoms with E-state index in [1.165, 1.54) is 0 Å². The molecule has 0 aromatic heterocycles. The van der Waals surface area contributed by atoms with Crippen molar-refractivity contribution >= 4 is 5.69 Å². The largest absolute Gasteiger partial charge is 0.389 e. The Hall–Kier alpha value is -1.53. The normalized spacial score (nSPS) is 12.2. The van der Waals surface area contributed by atoms with Crippen LogP contribution in [0.2, 0.25) is 0 Å². The molecule has 92 valence electrons. The van der Waals surface area contributed by atoms with Gasteiger partial charge in [0, 0.05) is 18.3 Å². The maximum Gasteiger partial charge on any atom is 0.0761 e. The Morgan fingerprint density at radius 1 is 1.24 bits per heavy atom. The standard InChI is InChI=1S/C14H20N2O/c1-11(2)16(10-4-9-15)14-7-5-13(6-8-14)12(3)17/h5-8,11-12,17H,4,10H2,1-3H3. The maximum absolute atomic E-state index is 9.45. The van der Waals surface area contributed by atoms with Crippen molar-refractivity contribution in [3.63, 3.8) is 0 Å². The summed E-state index contributed by atoms with van der Waals surface area (Å²) < 4.78 is 0. The van der Waals surface area contributed by atoms with Gasteiger partial charge in [0.05, 0.1) is 18.6 Å². The molecule has 1 aromatic carbocycles. The van der Waals surface area contributed by atoms with Gasteiger partial charge in [0.1, 0.15) is 0 Å². The molecule has 0 heterocycles. The molecule has 0 aliphatic rings. The average molecular weight is 232 g/mol. The Balaban J connectivity index is 2.84. The van der Waals surface area contributed by atoms with Crippen LogP contribution in [0.15, 0.2) is 24.3 Å². The number of nitriles is 1. The Morgan fingerprint density at radius 3 is 2.24 bits per heavy atom. The molecule has 0 saturated carbocycles. The fourth-order valence-electron chi connectivity index (χ4n) is 1.80. The first kappa shape index (κ1) is 13.5. The summed E-state index contributed by atoms with van der Waals surface area (Å²) in [6, 6.07) is 10.4. The predicted molar refractivity (Wildman–Crippen MR) is 69.8 cm³/mol. The van der Waals surface area contributed by atoms with E-state index < -0.39 is 6.10 Å². The number of hydrogen-bond donors (Lipinski definition) is 1. The van der Waals surface area contributed by atoms with Gasteiger partial charge in [-0.2, -0.15) is 5.26 Å². The second kappa shape index (κ2) is 6.27. The second-order valence-electron chi connectivity index (χ2n) is 4.46. The van der Waals surface area contributed by atoms with Gasteiger partial charge < -0.3 is 10.0 Å². The lowest BCUT2D eigenvalue weighted by Gasteiger charge is -2.28. The van der Waals surface area contributed by atoms with Crippen LogP contribution in [-0.4, -0.2) is 17.7 Å². The topological polar surface area (TPSA) is 47.3 Å². The summed E-state index contributed by atoms with van der Waals surface area (Å²) in [5.74, 6) is 0. The molecular formula is C14H20N2O. The van der Waals surface area contributed by atoms with Crippen LogP contribution in [0.25, 0.3) is 0 Å². The molecule has 0 fully saturated rings. The molecule has 3 heteroatoms. The summed E-state index contributed by atoms with van der Waals surface area (Å²) in [6.07, 6.45) is 0.0896. The molecule has 1 N–H and O–H groups in total. The van der Waals surface area contributed by atoms with Crippen molar-refractivity contribution in [2.75, 3.05) is 11.4 Å². The van der Waals surface area contributed by atoms with Crippen molar-refractivity contribution in [3.8, 4) is 6.07 Å². The third kappa shape index (κ3) is 3.76. The summed E-state index contributed by atoms with van der Waals surface area (Å²) in [5.41, 5.74) is 2.01. The minimum Gasteiger partial charge on any atom is -0.389 e. The quantitative estimate of drug-likeness (QED) is 0.849. The molecular weight excluding hydrogens is 212 g/mol. The van der Waals surface area contributed by atoms with Gasteiger partial charge in [-0.15, -0.1) is 0 Å². The zero-order valence-electron chi connectivity index (χ0n) is 10.7. The monoisotopic (exact) mass is 232 g/mol. The fraction of sp³-hybridized carbons (Fsp3) is 0.500. The SMILES string of the molecule is CC(O)c1ccc(N(CCC#N)C(C)C)cc1. The molecule has 0 aliphatic carbocycles. The minimum absolute atomic E-state index is 0.362. The lowest BCUT2D eigenvalue weighted by atomic mass is 10.1. The third-order valence-corrected chi connectivity index (χ3v) is 2.79. The Kier molecular flexibility index (Phi) is 4.99. The van der Waals surface area contributed by atoms with Gasteiger partial charge in [-0.3, -0.25) is 0 Å². The van der Waals surface area contributed by atoms with E-state index in [9.17, 15) is 5.11 Å². The van der Waals surface area contributed by atoms with Crippen LogP contribution in [0.4, 0.5) is 5.69 Å². The Bertz CT molecular complexity index is 376. The molecule has 3 nitrogen and oxygen atoms in total. The van der Waals surface area contributed by atoms with Crippen LogP contribution in [0, 0.1) is 11.3 Å². The number of aliphatic hydroxyl groups is 1. The first-order chi connectivity index (χ1) is 8.06. The Morgan fingerprint density at radius 2 is 1.82 bits per heavy atom. The highest BCUT2D eigenvalue weighted by molar-refractivity contribution is 5.48. The third-order valence-electron chi connectivity index (χ3n) is 2.79. The number of anilines is 1. The molecule has 0 saturated heterocycles. The van der Waals surface area contributed by atoms with Crippen molar-refractivity contribution in [2.45, 2.75) is 39.3 Å². The highest BCUT2D eigenvalue weighted by Crippen LogP contribution is 2.21. The summed E-state index contributed by atoms with van der Waals surface area (Å²) >= 11 is 0. The van der Waals surface area contributed by atoms with E-state index >= 15 is 0 Å². The second-order valence-corrected chi connectivity index (χ2v) is 4.46. The summed E-state index contributed by atoms with van der Waals surface area (Å²) in [7, 11) is 0. The molecule has 17 heavy (non-hydrogen) atoms. The van der Waals surface area contributed by atoms with E-state index in [0.29, 0.717) is 12.5 Å². The van der Waals surface area contributed by atoms with Gasteiger partial charge in [-0.1, -0.05) is 12.1 Å². The highest BCUT2D eigenvalue weighted by atomic mass is 16.3. The van der Waals surface area contributed by atoms with Gasteiger partial charge in [-0.25, -0.2) is 0 Å². The van der Waals surface area contributed by atoms with Gasteiger partial charge >= 0.3 is 0 Å². The van der Waals surface area contributed by atoms with Crippen LogP contribution in [0.5, 0.6) is 0 Å². The van der Waals surface area contributed by atoms with Crippen LogP contribution < -0.4 is 4.90 Å². The van der Waals surface area contributed by atoms with E-state index in [2.05, 4.69) is 24.8 Å². The fourth-order valence-corrected chi connectivity index (χ4v) is 1.80. The lowest BCUT2D eigenvalue weighted by Crippen LogP contribution is -2.31. The van der Waals surface area contributed by atoms with Crippen LogP contribution >= 0.6 is 0 Å². The first-order valence-electron chi connectivity index (χ1n) is 5.98. The average Bonchev–Trinajstić information content (AvgIpc) is 2.29. The maximum atomic E-state index is 9.45. The molecule has 0 amide bonds. The smallest absolute Gasteiger partial charge is 0.0761 e. The number of aliphatic hydroxyl groups excluding tert-OH is 1. The lowest BCUT2D eigenvalue weighted by molar-refractivity contribution is 0.199. The number of rotatable bonds is 5. The molecule has 0 bridgehead atoms. The molecule has 0 radical (unpaired) electrons. The molecule has 1 rings (SSSR count). The predicted octanol–water partition coefficient (Wildman–Crippen LogP) is 2.87. The van der Waals surface area contributed by atoms with Gasteiger partial charge in [-0.05, 0) is 38.5 Å². The van der Waals surface area contributed by atoms with E-state index in [1.54, 1.807) is 6.92 Å². The summed E-state index contributed by atoms with van der Waals surface area (Å²) in [5, 5.41) is 18.1.